The van der Waals surface area contributed by atoms with Gasteiger partial charge >= 0.3 is 11.9 Å². The number of rotatable bonds is 6. The molecule has 0 saturated carbocycles. The average molecular weight is 331 g/mol. The van der Waals surface area contributed by atoms with Crippen LogP contribution in [-0.2, 0) is 19.1 Å². The predicted molar refractivity (Wildman–Crippen MR) is 85.4 cm³/mol. The Hall–Kier alpha value is -3.14. The third-order valence-electron chi connectivity index (χ3n) is 3.13. The molecule has 0 heterocycles. The molecular weight excluding hydrogens is 314 g/mol. The normalized spacial score (nSPS) is 12.1. The van der Waals surface area contributed by atoms with Crippen LogP contribution in [0.25, 0.3) is 0 Å². The van der Waals surface area contributed by atoms with E-state index in [9.17, 15) is 19.7 Å². The number of carbonyl (C=O) groups is 2. The molecule has 1 rings (SSSR count). The predicted octanol–water partition coefficient (Wildman–Crippen LogP) is 1.59. The molecule has 1 aromatic rings. The Morgan fingerprint density at radius 3 is 2.46 bits per heavy atom. The van der Waals surface area contributed by atoms with Gasteiger partial charge in [0.15, 0.2) is 0 Å². The standard InChI is InChI=1S/C17H17NO6/c1-4-24-16(20)17(12-18(21)22,13(2)15(19)23-3)11-10-14-8-6-5-7-9-14/h5-9H,2,4,12H2,1,3H3. The van der Waals surface area contributed by atoms with Crippen molar-refractivity contribution in [2.75, 3.05) is 20.3 Å². The molecule has 24 heavy (non-hydrogen) atoms. The third-order valence-corrected chi connectivity index (χ3v) is 3.13. The van der Waals surface area contributed by atoms with Crippen molar-refractivity contribution in [3.8, 4) is 11.8 Å². The molecule has 1 aromatic carbocycles. The zero-order valence-electron chi connectivity index (χ0n) is 13.4. The molecule has 7 nitrogen and oxygen atoms in total. The summed E-state index contributed by atoms with van der Waals surface area (Å²) in [6, 6.07) is 8.54. The number of ether oxygens (including phenoxy) is 2. The number of esters is 2. The molecule has 1 unspecified atom stereocenters. The van der Waals surface area contributed by atoms with E-state index in [-0.39, 0.29) is 6.61 Å². The minimum absolute atomic E-state index is 0.0280. The third kappa shape index (κ3) is 4.43. The highest BCUT2D eigenvalue weighted by atomic mass is 16.6. The smallest absolute Gasteiger partial charge is 0.336 e. The van der Waals surface area contributed by atoms with E-state index in [0.29, 0.717) is 5.56 Å². The summed E-state index contributed by atoms with van der Waals surface area (Å²) in [6.45, 7) is 4.04. The van der Waals surface area contributed by atoms with Gasteiger partial charge in [-0.1, -0.05) is 36.6 Å². The Kier molecular flexibility index (Phi) is 6.68. The van der Waals surface area contributed by atoms with Crippen LogP contribution in [0.2, 0.25) is 0 Å². The van der Waals surface area contributed by atoms with Gasteiger partial charge < -0.3 is 9.47 Å². The first-order chi connectivity index (χ1) is 11.4. The van der Waals surface area contributed by atoms with Crippen LogP contribution in [0.1, 0.15) is 12.5 Å². The molecule has 7 heteroatoms. The molecule has 126 valence electrons. The van der Waals surface area contributed by atoms with E-state index in [1.807, 2.05) is 0 Å². The number of methoxy groups -OCH3 is 1. The molecule has 0 radical (unpaired) electrons. The van der Waals surface area contributed by atoms with Crippen LogP contribution in [0.15, 0.2) is 42.5 Å². The molecule has 0 spiro atoms. The van der Waals surface area contributed by atoms with Gasteiger partial charge in [-0.05, 0) is 19.1 Å². The average Bonchev–Trinajstić information content (AvgIpc) is 2.58. The van der Waals surface area contributed by atoms with Crippen LogP contribution in [0, 0.1) is 27.4 Å². The van der Waals surface area contributed by atoms with Gasteiger partial charge in [0.2, 0.25) is 12.0 Å². The second-order valence-corrected chi connectivity index (χ2v) is 4.70. The summed E-state index contributed by atoms with van der Waals surface area (Å²) in [5.41, 5.74) is -2.04. The van der Waals surface area contributed by atoms with Crippen LogP contribution < -0.4 is 0 Å². The highest BCUT2D eigenvalue weighted by Gasteiger charge is 2.50. The van der Waals surface area contributed by atoms with Crippen molar-refractivity contribution in [3.63, 3.8) is 0 Å². The van der Waals surface area contributed by atoms with E-state index >= 15 is 0 Å². The van der Waals surface area contributed by atoms with Crippen LogP contribution in [-0.4, -0.2) is 37.1 Å². The molecule has 0 aliphatic carbocycles. The fraction of sp³-hybridized carbons (Fsp3) is 0.294. The molecule has 0 N–H and O–H groups in total. The van der Waals surface area contributed by atoms with Gasteiger partial charge in [-0.25, -0.2) is 9.59 Å². The van der Waals surface area contributed by atoms with Crippen molar-refractivity contribution in [1.82, 2.24) is 0 Å². The number of carbonyl (C=O) groups excluding carboxylic acids is 2. The van der Waals surface area contributed by atoms with E-state index < -0.39 is 34.4 Å². The molecule has 0 aliphatic heterocycles. The van der Waals surface area contributed by atoms with Crippen molar-refractivity contribution in [3.05, 3.63) is 58.2 Å². The van der Waals surface area contributed by atoms with Crippen molar-refractivity contribution in [1.29, 1.82) is 0 Å². The first-order valence-corrected chi connectivity index (χ1v) is 7.02. The summed E-state index contributed by atoms with van der Waals surface area (Å²) in [6.07, 6.45) is 0. The number of nitrogens with zero attached hydrogens (tertiary/aromatic N) is 1. The maximum Gasteiger partial charge on any atom is 0.336 e. The van der Waals surface area contributed by atoms with E-state index in [0.717, 1.165) is 7.11 Å². The van der Waals surface area contributed by atoms with Gasteiger partial charge in [-0.15, -0.1) is 0 Å². The number of nitro groups is 1. The second-order valence-electron chi connectivity index (χ2n) is 4.70. The van der Waals surface area contributed by atoms with Crippen LogP contribution in [0.5, 0.6) is 0 Å². The zero-order chi connectivity index (χ0) is 18.2. The molecule has 0 aliphatic rings. The lowest BCUT2D eigenvalue weighted by atomic mass is 9.80. The lowest BCUT2D eigenvalue weighted by Gasteiger charge is -2.23. The zero-order valence-corrected chi connectivity index (χ0v) is 13.4. The Morgan fingerprint density at radius 2 is 1.96 bits per heavy atom. The van der Waals surface area contributed by atoms with Crippen molar-refractivity contribution >= 4 is 11.9 Å². The minimum atomic E-state index is -2.12. The quantitative estimate of drug-likeness (QED) is 0.258. The summed E-state index contributed by atoms with van der Waals surface area (Å²) >= 11 is 0. The number of benzene rings is 1. The van der Waals surface area contributed by atoms with Gasteiger partial charge in [0.05, 0.1) is 19.3 Å². The van der Waals surface area contributed by atoms with E-state index in [4.69, 9.17) is 4.74 Å². The second kappa shape index (κ2) is 8.48. The summed E-state index contributed by atoms with van der Waals surface area (Å²) in [4.78, 5) is 34.6. The summed E-state index contributed by atoms with van der Waals surface area (Å²) < 4.78 is 9.44. The van der Waals surface area contributed by atoms with Gasteiger partial charge in [-0.3, -0.25) is 10.1 Å². The lowest BCUT2D eigenvalue weighted by Crippen LogP contribution is -2.42. The van der Waals surface area contributed by atoms with Gasteiger partial charge in [-0.2, -0.15) is 0 Å². The van der Waals surface area contributed by atoms with Gasteiger partial charge in [0.25, 0.3) is 0 Å². The summed E-state index contributed by atoms with van der Waals surface area (Å²) in [5.74, 6) is 3.20. The van der Waals surface area contributed by atoms with Crippen LogP contribution in [0.4, 0.5) is 0 Å². The molecule has 0 bridgehead atoms. The molecule has 0 saturated heterocycles. The monoisotopic (exact) mass is 331 g/mol. The Morgan fingerprint density at radius 1 is 1.33 bits per heavy atom. The van der Waals surface area contributed by atoms with Crippen LogP contribution >= 0.6 is 0 Å². The molecular formula is C17H17NO6. The fourth-order valence-corrected chi connectivity index (χ4v) is 1.89. The van der Waals surface area contributed by atoms with Crippen molar-refractivity contribution < 1.29 is 24.0 Å². The summed E-state index contributed by atoms with van der Waals surface area (Å²) in [7, 11) is 1.08. The van der Waals surface area contributed by atoms with E-state index in [1.54, 1.807) is 37.3 Å². The topological polar surface area (TPSA) is 95.7 Å². The SMILES string of the molecule is C=C(C(=O)OC)C(C#Cc1ccccc1)(C[N+](=O)[O-])C(=O)OCC. The fourth-order valence-electron chi connectivity index (χ4n) is 1.89. The minimum Gasteiger partial charge on any atom is -0.466 e. The molecule has 1 atom stereocenters. The first-order valence-electron chi connectivity index (χ1n) is 7.02. The van der Waals surface area contributed by atoms with Crippen LogP contribution in [0.3, 0.4) is 0 Å². The largest absolute Gasteiger partial charge is 0.466 e. The first kappa shape index (κ1) is 18.9. The maximum absolute atomic E-state index is 12.4. The highest BCUT2D eigenvalue weighted by molar-refractivity contribution is 6.00. The van der Waals surface area contributed by atoms with Gasteiger partial charge in [0, 0.05) is 10.5 Å². The number of hydrogen-bond donors (Lipinski definition) is 0. The summed E-state index contributed by atoms with van der Waals surface area (Å²) in [5, 5.41) is 11.1. The van der Waals surface area contributed by atoms with Gasteiger partial charge in [0.1, 0.15) is 0 Å². The highest BCUT2D eigenvalue weighted by Crippen LogP contribution is 2.29. The Bertz CT molecular complexity index is 701. The van der Waals surface area contributed by atoms with E-state index in [2.05, 4.69) is 23.2 Å². The van der Waals surface area contributed by atoms with E-state index in [1.165, 1.54) is 0 Å². The Labute approximate surface area is 139 Å². The lowest BCUT2D eigenvalue weighted by molar-refractivity contribution is -0.489. The number of hydrogen-bond acceptors (Lipinski definition) is 6. The van der Waals surface area contributed by atoms with Crippen molar-refractivity contribution in [2.24, 2.45) is 5.41 Å². The Balaban J connectivity index is 3.48. The molecule has 0 aromatic heterocycles. The maximum atomic E-state index is 12.4. The molecule has 0 fully saturated rings. The molecule has 0 amide bonds. The van der Waals surface area contributed by atoms with Crippen molar-refractivity contribution in [2.45, 2.75) is 6.92 Å².